The highest BCUT2D eigenvalue weighted by molar-refractivity contribution is 6.21. The van der Waals surface area contributed by atoms with E-state index in [2.05, 4.69) is 16.2 Å². The second-order valence-corrected chi connectivity index (χ2v) is 11.0. The van der Waals surface area contributed by atoms with E-state index in [4.69, 9.17) is 16.3 Å². The fraction of sp³-hybridized carbons (Fsp3) is 0.909. The van der Waals surface area contributed by atoms with Crippen molar-refractivity contribution in [2.45, 2.75) is 79.8 Å². The molecule has 3 aliphatic heterocycles. The molecule has 5 aliphatic rings. The van der Waals surface area contributed by atoms with Crippen LogP contribution in [0.15, 0.2) is 0 Å². The molecule has 3 heterocycles. The second kappa shape index (κ2) is 8.65. The number of rotatable bonds is 5. The van der Waals surface area contributed by atoms with Crippen LogP contribution in [0.5, 0.6) is 0 Å². The van der Waals surface area contributed by atoms with Crippen molar-refractivity contribution in [1.29, 1.82) is 0 Å². The van der Waals surface area contributed by atoms with Crippen molar-refractivity contribution in [2.24, 2.45) is 11.8 Å². The van der Waals surface area contributed by atoms with Gasteiger partial charge in [0.05, 0.1) is 23.6 Å². The number of amides is 2. The van der Waals surface area contributed by atoms with Crippen LogP contribution in [0, 0.1) is 11.8 Å². The topological polar surface area (TPSA) is 85.9 Å². The molecule has 8 unspecified atom stereocenters. The van der Waals surface area contributed by atoms with E-state index in [1.165, 1.54) is 0 Å². The van der Waals surface area contributed by atoms with Gasteiger partial charge in [-0.05, 0) is 44.4 Å². The van der Waals surface area contributed by atoms with E-state index in [1.807, 2.05) is 16.8 Å². The molecule has 0 bridgehead atoms. The number of likely N-dealkylation sites (tertiary alicyclic amines) is 1. The van der Waals surface area contributed by atoms with Crippen LogP contribution in [-0.4, -0.2) is 96.7 Å². The van der Waals surface area contributed by atoms with Gasteiger partial charge in [0.15, 0.2) is 0 Å². The third-order valence-electron chi connectivity index (χ3n) is 8.59. The minimum absolute atomic E-state index is 0.0205. The smallest absolute Gasteiger partial charge is 0.241 e. The SMILES string of the molecule is COCC1(N(C)C(=O)C2NNC3CCN(C(=O)C4CC5CC(F)C(Cl)CC5N4)CC32)CC1. The molecule has 5 fully saturated rings. The molecule has 0 spiro atoms. The summed E-state index contributed by atoms with van der Waals surface area (Å²) >= 11 is 6.13. The summed E-state index contributed by atoms with van der Waals surface area (Å²) in [6, 6.07) is -0.364. The fourth-order valence-corrected chi connectivity index (χ4v) is 6.64. The number of nitrogens with one attached hydrogen (secondary N) is 3. The van der Waals surface area contributed by atoms with Crippen molar-refractivity contribution >= 4 is 23.4 Å². The summed E-state index contributed by atoms with van der Waals surface area (Å²) in [4.78, 5) is 30.4. The Balaban J connectivity index is 1.22. The highest BCUT2D eigenvalue weighted by Crippen LogP contribution is 2.42. The molecule has 3 N–H and O–H groups in total. The van der Waals surface area contributed by atoms with Gasteiger partial charge < -0.3 is 19.9 Å². The molecule has 180 valence electrons. The molecule has 0 aromatic carbocycles. The second-order valence-electron chi connectivity index (χ2n) is 10.5. The molecule has 0 aromatic heterocycles. The molecular formula is C22H35ClFN5O3. The van der Waals surface area contributed by atoms with Gasteiger partial charge in [0.2, 0.25) is 11.8 Å². The first-order chi connectivity index (χ1) is 15.3. The quantitative estimate of drug-likeness (QED) is 0.503. The van der Waals surface area contributed by atoms with Crippen LogP contribution in [0.1, 0.15) is 38.5 Å². The number of fused-ring (bicyclic) bond motifs is 2. The minimum Gasteiger partial charge on any atom is -0.382 e. The largest absolute Gasteiger partial charge is 0.382 e. The lowest BCUT2D eigenvalue weighted by Gasteiger charge is -2.38. The minimum atomic E-state index is -0.989. The maximum Gasteiger partial charge on any atom is 0.241 e. The number of carbonyl (C=O) groups excluding carboxylic acids is 2. The highest BCUT2D eigenvalue weighted by Gasteiger charge is 2.53. The van der Waals surface area contributed by atoms with Crippen LogP contribution in [0.4, 0.5) is 4.39 Å². The molecule has 2 aliphatic carbocycles. The number of ether oxygens (including phenoxy) is 1. The molecule has 5 rings (SSSR count). The molecule has 2 amide bonds. The van der Waals surface area contributed by atoms with Gasteiger partial charge in [-0.2, -0.15) is 0 Å². The van der Waals surface area contributed by atoms with E-state index >= 15 is 0 Å². The number of carbonyl (C=O) groups is 2. The van der Waals surface area contributed by atoms with E-state index < -0.39 is 11.5 Å². The molecule has 8 nitrogen and oxygen atoms in total. The lowest BCUT2D eigenvalue weighted by Crippen LogP contribution is -2.56. The standard InChI is InChI=1S/C22H35ClFN5O3/c1-28(22(4-5-22)11-32-2)21(31)19-13-10-29(6-3-16(13)26-27-19)20(30)18-8-12-7-15(24)14(23)9-17(12)25-18/h12-19,25-27H,3-11H2,1-2H3. The number of nitrogens with zero attached hydrogens (tertiary/aromatic N) is 2. The van der Waals surface area contributed by atoms with E-state index in [-0.39, 0.29) is 53.4 Å². The first-order valence-corrected chi connectivity index (χ1v) is 12.4. The van der Waals surface area contributed by atoms with E-state index in [1.54, 1.807) is 7.11 Å². The highest BCUT2D eigenvalue weighted by atomic mass is 35.5. The van der Waals surface area contributed by atoms with Crippen LogP contribution in [0.3, 0.4) is 0 Å². The Kier molecular flexibility index (Phi) is 6.16. The molecule has 3 saturated heterocycles. The first kappa shape index (κ1) is 22.8. The van der Waals surface area contributed by atoms with Gasteiger partial charge in [-0.25, -0.2) is 9.82 Å². The Hall–Kier alpha value is -1.00. The number of likely N-dealkylation sites (N-methyl/N-ethyl adjacent to an activating group) is 1. The van der Waals surface area contributed by atoms with Crippen LogP contribution < -0.4 is 16.2 Å². The number of piperidine rings is 1. The van der Waals surface area contributed by atoms with Crippen molar-refractivity contribution in [1.82, 2.24) is 26.0 Å². The number of hydrogen-bond acceptors (Lipinski definition) is 6. The van der Waals surface area contributed by atoms with Crippen molar-refractivity contribution in [3.63, 3.8) is 0 Å². The van der Waals surface area contributed by atoms with Crippen LogP contribution in [0.25, 0.3) is 0 Å². The number of hydrazine groups is 1. The summed E-state index contributed by atoms with van der Waals surface area (Å²) in [5.74, 6) is 0.316. The zero-order valence-electron chi connectivity index (χ0n) is 18.9. The molecule has 0 radical (unpaired) electrons. The Morgan fingerprint density at radius 2 is 2.00 bits per heavy atom. The molecule has 2 saturated carbocycles. The summed E-state index contributed by atoms with van der Waals surface area (Å²) in [6.07, 6.45) is 3.40. The van der Waals surface area contributed by atoms with Gasteiger partial charge in [0.1, 0.15) is 12.2 Å². The monoisotopic (exact) mass is 471 g/mol. The van der Waals surface area contributed by atoms with Gasteiger partial charge in [-0.1, -0.05) is 0 Å². The molecular weight excluding hydrogens is 437 g/mol. The maximum absolute atomic E-state index is 14.1. The van der Waals surface area contributed by atoms with Crippen molar-refractivity contribution in [2.75, 3.05) is 33.9 Å². The predicted molar refractivity (Wildman–Crippen MR) is 118 cm³/mol. The Morgan fingerprint density at radius 3 is 2.72 bits per heavy atom. The molecule has 32 heavy (non-hydrogen) atoms. The average molecular weight is 472 g/mol. The van der Waals surface area contributed by atoms with Crippen LogP contribution in [-0.2, 0) is 14.3 Å². The van der Waals surface area contributed by atoms with E-state index in [0.29, 0.717) is 39.0 Å². The number of methoxy groups -OCH3 is 1. The van der Waals surface area contributed by atoms with E-state index in [0.717, 1.165) is 19.3 Å². The lowest BCUT2D eigenvalue weighted by atomic mass is 9.83. The molecule has 8 atom stereocenters. The fourth-order valence-electron chi connectivity index (χ4n) is 6.35. The summed E-state index contributed by atoms with van der Waals surface area (Å²) < 4.78 is 19.4. The Morgan fingerprint density at radius 1 is 1.22 bits per heavy atom. The maximum atomic E-state index is 14.1. The van der Waals surface area contributed by atoms with Crippen molar-refractivity contribution in [3.05, 3.63) is 0 Å². The average Bonchev–Trinajstić information content (AvgIpc) is 3.26. The van der Waals surface area contributed by atoms with Crippen LogP contribution >= 0.6 is 11.6 Å². The predicted octanol–water partition coefficient (Wildman–Crippen LogP) is 0.403. The summed E-state index contributed by atoms with van der Waals surface area (Å²) in [7, 11) is 3.53. The normalized spacial score (nSPS) is 42.3. The zero-order chi connectivity index (χ0) is 22.6. The van der Waals surface area contributed by atoms with Crippen molar-refractivity contribution in [3.8, 4) is 0 Å². The number of alkyl halides is 2. The van der Waals surface area contributed by atoms with Gasteiger partial charge in [0.25, 0.3) is 0 Å². The number of hydrogen-bond donors (Lipinski definition) is 3. The van der Waals surface area contributed by atoms with Crippen molar-refractivity contribution < 1.29 is 18.7 Å². The molecule has 0 aromatic rings. The van der Waals surface area contributed by atoms with Gasteiger partial charge in [0, 0.05) is 45.2 Å². The molecule has 10 heteroatoms. The summed E-state index contributed by atoms with van der Waals surface area (Å²) in [5.41, 5.74) is 6.31. The zero-order valence-corrected chi connectivity index (χ0v) is 19.6. The lowest BCUT2D eigenvalue weighted by molar-refractivity contribution is -0.140. The Bertz CT molecular complexity index is 737. The van der Waals surface area contributed by atoms with E-state index in [9.17, 15) is 14.0 Å². The summed E-state index contributed by atoms with van der Waals surface area (Å²) in [6.45, 7) is 1.76. The third kappa shape index (κ3) is 3.94. The van der Waals surface area contributed by atoms with Gasteiger partial charge >= 0.3 is 0 Å². The van der Waals surface area contributed by atoms with Gasteiger partial charge in [-0.15, -0.1) is 11.6 Å². The number of halogens is 2. The van der Waals surface area contributed by atoms with Gasteiger partial charge in [-0.3, -0.25) is 15.0 Å². The third-order valence-corrected chi connectivity index (χ3v) is 9.04. The summed E-state index contributed by atoms with van der Waals surface area (Å²) in [5, 5.41) is 2.96. The first-order valence-electron chi connectivity index (χ1n) is 11.9. The Labute approximate surface area is 193 Å². The van der Waals surface area contributed by atoms with Crippen LogP contribution in [0.2, 0.25) is 0 Å².